The normalized spacial score (nSPS) is 18.2. The zero-order valence-corrected chi connectivity index (χ0v) is 32.4. The number of carbonyl (C=O) groups excluding carboxylic acids is 3. The summed E-state index contributed by atoms with van der Waals surface area (Å²) < 4.78 is 10.3. The molecule has 1 heterocycles. The van der Waals surface area contributed by atoms with Crippen molar-refractivity contribution in [2.24, 2.45) is 23.2 Å². The van der Waals surface area contributed by atoms with E-state index in [1.54, 1.807) is 13.1 Å². The molecule has 10 heteroatoms. The zero-order valence-electron chi connectivity index (χ0n) is 31.5. The van der Waals surface area contributed by atoms with Crippen LogP contribution in [0.25, 0.3) is 0 Å². The van der Waals surface area contributed by atoms with Crippen molar-refractivity contribution >= 4 is 41.3 Å². The number of nitrogens with one attached hydrogen (secondary N) is 2. The Hall–Kier alpha value is -3.06. The lowest BCUT2D eigenvalue weighted by molar-refractivity contribution is -0.151. The van der Waals surface area contributed by atoms with Gasteiger partial charge in [-0.15, -0.1) is 11.3 Å². The first-order valence-corrected chi connectivity index (χ1v) is 18.3. The Morgan fingerprint density at radius 2 is 1.60 bits per heavy atom. The topological polar surface area (TPSA) is 131 Å². The van der Waals surface area contributed by atoms with Crippen molar-refractivity contribution in [1.82, 2.24) is 5.32 Å². The molecule has 2 aliphatic carbocycles. The maximum atomic E-state index is 11.5. The molecule has 0 aromatic carbocycles. The van der Waals surface area contributed by atoms with Crippen molar-refractivity contribution < 1.29 is 33.8 Å². The van der Waals surface area contributed by atoms with Crippen molar-refractivity contribution in [2.45, 2.75) is 145 Å². The zero-order chi connectivity index (χ0) is 36.9. The lowest BCUT2D eigenvalue weighted by Crippen LogP contribution is -2.30. The molecule has 0 bridgehead atoms. The van der Waals surface area contributed by atoms with Crippen LogP contribution >= 0.6 is 11.3 Å². The molecule has 1 unspecified atom stereocenters. The number of hydrogen-bond acceptors (Lipinski definition) is 8. The summed E-state index contributed by atoms with van der Waals surface area (Å²) in [6.45, 7) is 18.0. The standard InChI is InChI=1S/C12H15NO2S.C12H22O2.C8H14O.C6H13NO2/c1-12(2,3)6-5-8-7-9(13-4)10(16-8)11(14)15;1-3-10(2)9-12(13)14-11-7-5-4-6-8-11;1-7-2-4-8(6-9)5-3-7;1-6(2,3)9-5(8)7-4/h7,13H,1-4H3,(H,14,15);10-11H,3-9H2,1-2H3;6-8H,2-5H2,1H3;1-4H3,(H,7,8). The van der Waals surface area contributed by atoms with Gasteiger partial charge in [-0.25, -0.2) is 9.59 Å². The third-order valence-corrected chi connectivity index (χ3v) is 8.71. The number of anilines is 1. The Kier molecular flexibility index (Phi) is 21.8. The first-order chi connectivity index (χ1) is 22.3. The number of hydrogen-bond donors (Lipinski definition) is 3. The van der Waals surface area contributed by atoms with Gasteiger partial charge in [0, 0.05) is 31.8 Å². The van der Waals surface area contributed by atoms with Crippen LogP contribution in [0, 0.1) is 35.0 Å². The highest BCUT2D eigenvalue weighted by Gasteiger charge is 2.19. The molecule has 274 valence electrons. The first kappa shape index (κ1) is 44.9. The van der Waals surface area contributed by atoms with Gasteiger partial charge in [-0.3, -0.25) is 4.79 Å². The van der Waals surface area contributed by atoms with Gasteiger partial charge >= 0.3 is 18.0 Å². The molecule has 48 heavy (non-hydrogen) atoms. The molecular weight excluding hydrogens is 628 g/mol. The van der Waals surface area contributed by atoms with Gasteiger partial charge in [0.1, 0.15) is 22.9 Å². The summed E-state index contributed by atoms with van der Waals surface area (Å²) in [4.78, 5) is 44.2. The van der Waals surface area contributed by atoms with Gasteiger partial charge in [0.2, 0.25) is 0 Å². The summed E-state index contributed by atoms with van der Waals surface area (Å²) in [5.74, 6) is 6.88. The lowest BCUT2D eigenvalue weighted by Gasteiger charge is -2.22. The van der Waals surface area contributed by atoms with E-state index in [9.17, 15) is 19.2 Å². The van der Waals surface area contributed by atoms with Crippen molar-refractivity contribution in [3.63, 3.8) is 0 Å². The largest absolute Gasteiger partial charge is 0.477 e. The van der Waals surface area contributed by atoms with Crippen LogP contribution in [-0.2, 0) is 19.1 Å². The van der Waals surface area contributed by atoms with E-state index in [1.165, 1.54) is 50.5 Å². The number of rotatable bonds is 7. The molecule has 1 aromatic rings. The summed E-state index contributed by atoms with van der Waals surface area (Å²) in [7, 11) is 3.24. The van der Waals surface area contributed by atoms with Gasteiger partial charge in [0.25, 0.3) is 0 Å². The van der Waals surface area contributed by atoms with E-state index in [0.29, 0.717) is 28.8 Å². The highest BCUT2D eigenvalue weighted by molar-refractivity contribution is 7.15. The van der Waals surface area contributed by atoms with Crippen LogP contribution in [0.15, 0.2) is 6.07 Å². The monoisotopic (exact) mass is 692 g/mol. The number of alkyl carbamates (subject to hydrolysis) is 1. The Balaban J connectivity index is 0.000000633. The van der Waals surface area contributed by atoms with E-state index >= 15 is 0 Å². The quantitative estimate of drug-likeness (QED) is 0.146. The third kappa shape index (κ3) is 22.5. The van der Waals surface area contributed by atoms with Crippen LogP contribution in [0.3, 0.4) is 0 Å². The fourth-order valence-corrected chi connectivity index (χ4v) is 5.50. The van der Waals surface area contributed by atoms with Crippen molar-refractivity contribution in [2.75, 3.05) is 19.4 Å². The highest BCUT2D eigenvalue weighted by Crippen LogP contribution is 2.27. The summed E-state index contributed by atoms with van der Waals surface area (Å²) in [5, 5.41) is 14.2. The average Bonchev–Trinajstić information content (AvgIpc) is 3.45. The molecular formula is C38H64N2O7S. The van der Waals surface area contributed by atoms with Crippen molar-refractivity contribution in [3.05, 3.63) is 15.8 Å². The molecule has 0 aliphatic heterocycles. The van der Waals surface area contributed by atoms with Crippen molar-refractivity contribution in [3.8, 4) is 11.8 Å². The second-order valence-electron chi connectivity index (χ2n) is 14.8. The predicted octanol–water partition coefficient (Wildman–Crippen LogP) is 9.34. The maximum Gasteiger partial charge on any atom is 0.407 e. The van der Waals surface area contributed by atoms with E-state index in [1.807, 2.05) is 41.5 Å². The molecule has 1 aromatic heterocycles. The van der Waals surface area contributed by atoms with E-state index < -0.39 is 5.97 Å². The van der Waals surface area contributed by atoms with Crippen LogP contribution in [0.4, 0.5) is 10.5 Å². The number of amides is 1. The van der Waals surface area contributed by atoms with Gasteiger partial charge in [-0.05, 0) is 98.0 Å². The van der Waals surface area contributed by atoms with Crippen LogP contribution in [-0.4, -0.2) is 55.2 Å². The minimum atomic E-state index is -0.918. The summed E-state index contributed by atoms with van der Waals surface area (Å²) in [5.41, 5.74) is 0.156. The number of ether oxygens (including phenoxy) is 2. The maximum absolute atomic E-state index is 11.5. The third-order valence-electron chi connectivity index (χ3n) is 7.67. The van der Waals surface area contributed by atoms with Crippen molar-refractivity contribution in [1.29, 1.82) is 0 Å². The molecule has 9 nitrogen and oxygen atoms in total. The number of thiophene rings is 1. The second-order valence-corrected chi connectivity index (χ2v) is 15.8. The molecule has 2 fully saturated rings. The number of carboxylic acid groups (broad SMARTS) is 1. The van der Waals surface area contributed by atoms with Crippen LogP contribution < -0.4 is 10.6 Å². The fourth-order valence-electron chi connectivity index (χ4n) is 4.64. The fraction of sp³-hybridized carbons (Fsp3) is 0.737. The van der Waals surface area contributed by atoms with Gasteiger partial charge in [0.15, 0.2) is 0 Å². The van der Waals surface area contributed by atoms with Crippen LogP contribution in [0.2, 0.25) is 0 Å². The summed E-state index contributed by atoms with van der Waals surface area (Å²) in [6.07, 6.45) is 13.3. The average molecular weight is 693 g/mol. The Labute approximate surface area is 294 Å². The number of esters is 1. The molecule has 3 N–H and O–H groups in total. The van der Waals surface area contributed by atoms with Gasteiger partial charge < -0.3 is 30.0 Å². The Morgan fingerprint density at radius 3 is 2.00 bits per heavy atom. The van der Waals surface area contributed by atoms with Crippen LogP contribution in [0.5, 0.6) is 0 Å². The molecule has 2 aliphatic rings. The lowest BCUT2D eigenvalue weighted by atomic mass is 9.84. The number of carboxylic acids is 1. The predicted molar refractivity (Wildman–Crippen MR) is 197 cm³/mol. The van der Waals surface area contributed by atoms with E-state index in [4.69, 9.17) is 14.6 Å². The first-order valence-electron chi connectivity index (χ1n) is 17.5. The second kappa shape index (κ2) is 23.3. The van der Waals surface area contributed by atoms with Crippen LogP contribution in [0.1, 0.15) is 147 Å². The Bertz CT molecular complexity index is 1160. The van der Waals surface area contributed by atoms with E-state index in [-0.39, 0.29) is 29.2 Å². The minimum absolute atomic E-state index is 0.00579. The van der Waals surface area contributed by atoms with Gasteiger partial charge in [-0.2, -0.15) is 0 Å². The van der Waals surface area contributed by atoms with Gasteiger partial charge in [0.05, 0.1) is 10.6 Å². The molecule has 2 saturated carbocycles. The highest BCUT2D eigenvalue weighted by atomic mass is 32.1. The number of aldehydes is 1. The molecule has 3 rings (SSSR count). The molecule has 0 radical (unpaired) electrons. The molecule has 0 spiro atoms. The van der Waals surface area contributed by atoms with E-state index in [0.717, 1.165) is 49.2 Å². The number of aromatic carboxylic acids is 1. The smallest absolute Gasteiger partial charge is 0.407 e. The molecule has 1 atom stereocenters. The van der Waals surface area contributed by atoms with E-state index in [2.05, 4.69) is 43.2 Å². The molecule has 0 saturated heterocycles. The number of carbonyl (C=O) groups is 4. The summed E-state index contributed by atoms with van der Waals surface area (Å²) >= 11 is 1.20. The SMILES string of the molecule is CC1CCC(C=O)CC1.CCC(C)CC(=O)OC1CCCCC1.CNC(=O)OC(C)(C)C.CNc1cc(C#CC(C)(C)C)sc1C(=O)O. The molecule has 1 amide bonds. The summed E-state index contributed by atoms with van der Waals surface area (Å²) in [6, 6.07) is 1.77. The minimum Gasteiger partial charge on any atom is -0.477 e. The Morgan fingerprint density at radius 1 is 1.02 bits per heavy atom. The van der Waals surface area contributed by atoms with Gasteiger partial charge in [-0.1, -0.05) is 58.3 Å².